The number of hydrogen-bond acceptors (Lipinski definition) is 5. The summed E-state index contributed by atoms with van der Waals surface area (Å²) in [5.41, 5.74) is 0.707. The molecule has 1 aromatic rings. The molecule has 2 bridgehead atoms. The van der Waals surface area contributed by atoms with Gasteiger partial charge in [-0.25, -0.2) is 0 Å². The third kappa shape index (κ3) is 2.33. The first-order chi connectivity index (χ1) is 13.0. The van der Waals surface area contributed by atoms with E-state index in [1.807, 2.05) is 6.07 Å². The number of amides is 2. The number of benzene rings is 1. The van der Waals surface area contributed by atoms with E-state index in [4.69, 9.17) is 9.47 Å². The zero-order chi connectivity index (χ0) is 18.9. The Morgan fingerprint density at radius 2 is 1.70 bits per heavy atom. The van der Waals surface area contributed by atoms with Crippen LogP contribution in [0.1, 0.15) is 12.0 Å². The van der Waals surface area contributed by atoms with Gasteiger partial charge in [0.15, 0.2) is 11.5 Å². The maximum atomic E-state index is 12.9. The van der Waals surface area contributed by atoms with Gasteiger partial charge >= 0.3 is 0 Å². The van der Waals surface area contributed by atoms with Crippen LogP contribution in [0.3, 0.4) is 0 Å². The first-order valence-corrected chi connectivity index (χ1v) is 9.86. The molecule has 27 heavy (non-hydrogen) atoms. The maximum absolute atomic E-state index is 12.9. The first kappa shape index (κ1) is 17.0. The molecule has 0 N–H and O–H groups in total. The molecule has 3 fully saturated rings. The lowest BCUT2D eigenvalue weighted by atomic mass is 9.63. The molecule has 0 aromatic heterocycles. The van der Waals surface area contributed by atoms with Gasteiger partial charge in [0.05, 0.1) is 36.7 Å². The van der Waals surface area contributed by atoms with Crippen LogP contribution in [-0.2, 0) is 9.59 Å². The molecule has 2 saturated carbocycles. The zero-order valence-corrected chi connectivity index (χ0v) is 16.5. The van der Waals surface area contributed by atoms with Crippen LogP contribution in [0, 0.1) is 35.5 Å². The van der Waals surface area contributed by atoms with Crippen LogP contribution in [-0.4, -0.2) is 37.3 Å². The Balaban J connectivity index is 1.43. The average Bonchev–Trinajstić information content (AvgIpc) is 3.45. The Morgan fingerprint density at radius 3 is 2.26 bits per heavy atom. The van der Waals surface area contributed by atoms with Gasteiger partial charge in [-0.3, -0.25) is 9.59 Å². The van der Waals surface area contributed by atoms with Crippen LogP contribution in [0.25, 0.3) is 0 Å². The minimum absolute atomic E-state index is 0.162. The lowest BCUT2D eigenvalue weighted by molar-refractivity contribution is -0.140. The monoisotopic (exact) mass is 430 g/mol. The number of carbonyl (C=O) groups is 2. The van der Waals surface area contributed by atoms with Gasteiger partial charge in [-0.05, 0) is 63.7 Å². The number of halogens is 1. The second-order valence-electron chi connectivity index (χ2n) is 7.63. The normalized spacial score (nSPS) is 35.6. The van der Waals surface area contributed by atoms with Crippen molar-refractivity contribution in [2.75, 3.05) is 14.2 Å². The number of hydrazone groups is 1. The van der Waals surface area contributed by atoms with Gasteiger partial charge in [-0.15, -0.1) is 0 Å². The third-order valence-electron chi connectivity index (χ3n) is 6.42. The first-order valence-electron chi connectivity index (χ1n) is 9.06. The highest BCUT2D eigenvalue weighted by atomic mass is 79.9. The summed E-state index contributed by atoms with van der Waals surface area (Å²) < 4.78 is 11.3. The highest BCUT2D eigenvalue weighted by Gasteiger charge is 2.67. The number of allylic oxidation sites excluding steroid dienone is 2. The van der Waals surface area contributed by atoms with Gasteiger partial charge in [-0.2, -0.15) is 10.1 Å². The summed E-state index contributed by atoms with van der Waals surface area (Å²) in [6.07, 6.45) is 6.99. The highest BCUT2D eigenvalue weighted by Crippen LogP contribution is 2.65. The highest BCUT2D eigenvalue weighted by molar-refractivity contribution is 9.10. The molecule has 1 heterocycles. The van der Waals surface area contributed by atoms with Crippen molar-refractivity contribution in [2.45, 2.75) is 6.42 Å². The Hall–Kier alpha value is -2.15. The summed E-state index contributed by atoms with van der Waals surface area (Å²) in [7, 11) is 3.12. The zero-order valence-electron chi connectivity index (χ0n) is 15.0. The molecule has 6 rings (SSSR count). The van der Waals surface area contributed by atoms with Gasteiger partial charge in [0.2, 0.25) is 0 Å². The van der Waals surface area contributed by atoms with Crippen LogP contribution in [0.5, 0.6) is 11.5 Å². The largest absolute Gasteiger partial charge is 0.493 e. The second kappa shape index (κ2) is 5.92. The van der Waals surface area contributed by atoms with Crippen molar-refractivity contribution >= 4 is 34.0 Å². The number of imide groups is 1. The van der Waals surface area contributed by atoms with E-state index in [9.17, 15) is 9.59 Å². The molecule has 7 heteroatoms. The summed E-state index contributed by atoms with van der Waals surface area (Å²) >= 11 is 3.44. The number of rotatable bonds is 4. The van der Waals surface area contributed by atoms with E-state index in [0.717, 1.165) is 11.4 Å². The Bertz CT molecular complexity index is 875. The molecule has 6 atom stereocenters. The Labute approximate surface area is 165 Å². The molecule has 4 aliphatic carbocycles. The molecule has 6 nitrogen and oxygen atoms in total. The van der Waals surface area contributed by atoms with Crippen molar-refractivity contribution in [3.8, 4) is 11.5 Å². The minimum atomic E-state index is -0.231. The van der Waals surface area contributed by atoms with E-state index in [1.54, 1.807) is 20.3 Å². The fraction of sp³-hybridized carbons (Fsp3) is 0.450. The topological polar surface area (TPSA) is 68.2 Å². The minimum Gasteiger partial charge on any atom is -0.493 e. The molecule has 1 saturated heterocycles. The number of carbonyl (C=O) groups excluding carboxylic acids is 2. The van der Waals surface area contributed by atoms with Gasteiger partial charge in [-0.1, -0.05) is 12.2 Å². The molecule has 0 unspecified atom stereocenters. The quantitative estimate of drug-likeness (QED) is 0.418. The van der Waals surface area contributed by atoms with Crippen molar-refractivity contribution in [2.24, 2.45) is 40.6 Å². The van der Waals surface area contributed by atoms with E-state index in [1.165, 1.54) is 6.21 Å². The number of hydrogen-bond donors (Lipinski definition) is 0. The lowest BCUT2D eigenvalue weighted by Crippen LogP contribution is -2.40. The molecule has 2 amide bonds. The van der Waals surface area contributed by atoms with Crippen LogP contribution in [0.2, 0.25) is 0 Å². The van der Waals surface area contributed by atoms with Gasteiger partial charge in [0.25, 0.3) is 11.8 Å². The summed E-state index contributed by atoms with van der Waals surface area (Å²) in [6, 6.07) is 3.56. The van der Waals surface area contributed by atoms with Crippen molar-refractivity contribution in [3.63, 3.8) is 0 Å². The number of methoxy groups -OCH3 is 2. The summed E-state index contributed by atoms with van der Waals surface area (Å²) in [5, 5.41) is 5.33. The van der Waals surface area contributed by atoms with Crippen LogP contribution >= 0.6 is 15.9 Å². The molecule has 0 radical (unpaired) electrons. The molecule has 1 aromatic carbocycles. The van der Waals surface area contributed by atoms with Crippen LogP contribution < -0.4 is 9.47 Å². The maximum Gasteiger partial charge on any atom is 0.254 e. The molecule has 1 aliphatic heterocycles. The summed E-state index contributed by atoms with van der Waals surface area (Å²) in [6.45, 7) is 0. The van der Waals surface area contributed by atoms with E-state index in [2.05, 4.69) is 33.2 Å². The number of ether oxygens (including phenoxy) is 2. The molecular weight excluding hydrogens is 412 g/mol. The van der Waals surface area contributed by atoms with Gasteiger partial charge in [0, 0.05) is 0 Å². The van der Waals surface area contributed by atoms with Gasteiger partial charge < -0.3 is 9.47 Å². The van der Waals surface area contributed by atoms with Gasteiger partial charge in [0.1, 0.15) is 0 Å². The van der Waals surface area contributed by atoms with E-state index < -0.39 is 0 Å². The SMILES string of the molecule is COc1cc(/C=N\N2C(=O)[C@@H]3[C@H]4C=C[C@@H]([C@@H]5C[C@@H]45)[C@@H]3C2=O)cc(Br)c1OC. The predicted molar refractivity (Wildman–Crippen MR) is 101 cm³/mol. The van der Waals surface area contributed by atoms with Crippen molar-refractivity contribution < 1.29 is 19.1 Å². The summed E-state index contributed by atoms with van der Waals surface area (Å²) in [4.78, 5) is 25.8. The lowest BCUT2D eigenvalue weighted by Gasteiger charge is -2.37. The number of nitrogens with zero attached hydrogens (tertiary/aromatic N) is 2. The Morgan fingerprint density at radius 1 is 1.07 bits per heavy atom. The molecular formula is C20H19BrN2O4. The molecule has 140 valence electrons. The van der Waals surface area contributed by atoms with Crippen LogP contribution in [0.15, 0.2) is 33.9 Å². The summed E-state index contributed by atoms with van der Waals surface area (Å²) in [5.74, 6) is 1.92. The Kier molecular flexibility index (Phi) is 3.73. The van der Waals surface area contributed by atoms with Crippen molar-refractivity contribution in [3.05, 3.63) is 34.3 Å². The average molecular weight is 431 g/mol. The van der Waals surface area contributed by atoms with E-state index in [-0.39, 0.29) is 35.5 Å². The predicted octanol–water partition coefficient (Wildman–Crippen LogP) is 2.85. The fourth-order valence-corrected chi connectivity index (χ4v) is 5.81. The molecule has 5 aliphatic rings. The third-order valence-corrected chi connectivity index (χ3v) is 7.01. The van der Waals surface area contributed by atoms with Crippen LogP contribution in [0.4, 0.5) is 0 Å². The second-order valence-corrected chi connectivity index (χ2v) is 8.48. The van der Waals surface area contributed by atoms with E-state index >= 15 is 0 Å². The van der Waals surface area contributed by atoms with Crippen molar-refractivity contribution in [1.29, 1.82) is 0 Å². The molecule has 0 spiro atoms. The fourth-order valence-electron chi connectivity index (χ4n) is 5.19. The van der Waals surface area contributed by atoms with E-state index in [0.29, 0.717) is 33.4 Å². The standard InChI is InChI=1S/C20H19BrN2O4/c1-26-15-6-9(5-14(21)18(15)27-2)8-22-23-19(24)16-10-3-4-11(13-7-12(10)13)17(16)20(23)25/h3-6,8,10-13,16-17H,7H2,1-2H3/b22-8-/t10-,11-,12-,13-,16-,17+/m0/s1. The smallest absolute Gasteiger partial charge is 0.254 e. The van der Waals surface area contributed by atoms with Crippen molar-refractivity contribution in [1.82, 2.24) is 5.01 Å².